The fourth-order valence-corrected chi connectivity index (χ4v) is 3.00. The van der Waals surface area contributed by atoms with E-state index in [9.17, 15) is 19.2 Å². The molecular formula is C22H22ClNO6. The van der Waals surface area contributed by atoms with E-state index in [0.717, 1.165) is 5.56 Å². The summed E-state index contributed by atoms with van der Waals surface area (Å²) >= 11 is 5.48. The summed E-state index contributed by atoms with van der Waals surface area (Å²) in [6.45, 7) is 4.20. The predicted molar refractivity (Wildman–Crippen MR) is 112 cm³/mol. The molecule has 0 bridgehead atoms. The van der Waals surface area contributed by atoms with E-state index in [1.54, 1.807) is 43.3 Å². The fraction of sp³-hybridized carbons (Fsp3) is 0.273. The Morgan fingerprint density at radius 2 is 1.73 bits per heavy atom. The maximum absolute atomic E-state index is 12.7. The van der Waals surface area contributed by atoms with Gasteiger partial charge in [0.15, 0.2) is 6.10 Å². The summed E-state index contributed by atoms with van der Waals surface area (Å²) in [4.78, 5) is 46.4. The van der Waals surface area contributed by atoms with Crippen molar-refractivity contribution < 1.29 is 28.7 Å². The molecule has 0 aliphatic heterocycles. The predicted octanol–water partition coefficient (Wildman–Crippen LogP) is 3.80. The number of rotatable bonds is 8. The fourth-order valence-electron chi connectivity index (χ4n) is 2.85. The molecule has 0 spiro atoms. The van der Waals surface area contributed by atoms with Gasteiger partial charge in [0.1, 0.15) is 5.75 Å². The monoisotopic (exact) mass is 431 g/mol. The first-order valence-corrected chi connectivity index (χ1v) is 9.60. The number of esters is 2. The van der Waals surface area contributed by atoms with Crippen molar-refractivity contribution in [2.75, 3.05) is 5.32 Å². The Labute approximate surface area is 179 Å². The first-order chi connectivity index (χ1) is 14.2. The normalized spacial score (nSPS) is 11.3. The number of hydrogen-bond acceptors (Lipinski definition) is 6. The van der Waals surface area contributed by atoms with E-state index in [-0.39, 0.29) is 12.3 Å². The summed E-state index contributed by atoms with van der Waals surface area (Å²) in [5.74, 6) is -1.08. The summed E-state index contributed by atoms with van der Waals surface area (Å²) < 4.78 is 10.0. The van der Waals surface area contributed by atoms with Crippen molar-refractivity contribution in [3.05, 3.63) is 59.2 Å². The van der Waals surface area contributed by atoms with Gasteiger partial charge in [0.05, 0.1) is 0 Å². The molecule has 0 aliphatic rings. The van der Waals surface area contributed by atoms with Crippen molar-refractivity contribution in [3.8, 4) is 5.75 Å². The van der Waals surface area contributed by atoms with Gasteiger partial charge in [-0.25, -0.2) is 0 Å². The minimum absolute atomic E-state index is 0.225. The van der Waals surface area contributed by atoms with Gasteiger partial charge in [-0.15, -0.1) is 0 Å². The third kappa shape index (κ3) is 6.70. The molecule has 0 aliphatic carbocycles. The lowest BCUT2D eigenvalue weighted by atomic mass is 10.1. The third-order valence-electron chi connectivity index (χ3n) is 4.22. The van der Waals surface area contributed by atoms with Crippen LogP contribution < -0.4 is 10.1 Å². The summed E-state index contributed by atoms with van der Waals surface area (Å²) in [7, 11) is 0. The molecule has 158 valence electrons. The molecule has 0 saturated carbocycles. The van der Waals surface area contributed by atoms with E-state index in [4.69, 9.17) is 21.1 Å². The number of hydrogen-bond donors (Lipinski definition) is 1. The minimum Gasteiger partial charge on any atom is -0.453 e. The number of anilines is 1. The second-order valence-electron chi connectivity index (χ2n) is 6.62. The molecule has 1 unspecified atom stereocenters. The average molecular weight is 432 g/mol. The van der Waals surface area contributed by atoms with Crippen LogP contribution in [0, 0.1) is 6.92 Å². The van der Waals surface area contributed by atoms with Gasteiger partial charge in [-0.1, -0.05) is 18.2 Å². The number of halogens is 1. The zero-order valence-corrected chi connectivity index (χ0v) is 17.6. The lowest BCUT2D eigenvalue weighted by molar-refractivity contribution is -0.150. The van der Waals surface area contributed by atoms with Crippen LogP contribution in [-0.4, -0.2) is 29.2 Å². The Kier molecular flexibility index (Phi) is 8.12. The maximum Gasteiger partial charge on any atom is 0.308 e. The van der Waals surface area contributed by atoms with Gasteiger partial charge in [-0.2, -0.15) is 0 Å². The van der Waals surface area contributed by atoms with E-state index < -0.39 is 23.3 Å². The Balaban J connectivity index is 2.10. The van der Waals surface area contributed by atoms with Crippen LogP contribution in [0.3, 0.4) is 0 Å². The number of nitrogens with one attached hydrogen (secondary N) is 1. The van der Waals surface area contributed by atoms with E-state index in [2.05, 4.69) is 5.32 Å². The molecule has 7 nitrogen and oxygen atoms in total. The molecule has 30 heavy (non-hydrogen) atoms. The highest BCUT2D eigenvalue weighted by Crippen LogP contribution is 2.23. The van der Waals surface area contributed by atoms with Crippen LogP contribution in [0.25, 0.3) is 0 Å². The molecule has 2 aromatic carbocycles. The number of amides is 1. The van der Waals surface area contributed by atoms with Crippen molar-refractivity contribution >= 4 is 40.4 Å². The van der Waals surface area contributed by atoms with Crippen LogP contribution in [0.15, 0.2) is 42.5 Å². The van der Waals surface area contributed by atoms with Crippen molar-refractivity contribution in [3.63, 3.8) is 0 Å². The van der Waals surface area contributed by atoms with Crippen LogP contribution >= 0.6 is 11.6 Å². The second-order valence-corrected chi connectivity index (χ2v) is 6.99. The molecule has 2 aromatic rings. The van der Waals surface area contributed by atoms with Crippen molar-refractivity contribution in [2.24, 2.45) is 0 Å². The van der Waals surface area contributed by atoms with E-state index in [1.165, 1.54) is 13.8 Å². The molecule has 1 N–H and O–H groups in total. The Hall–Kier alpha value is -3.19. The van der Waals surface area contributed by atoms with Gasteiger partial charge in [-0.3, -0.25) is 19.2 Å². The molecular weight excluding hydrogens is 410 g/mol. The number of carbonyl (C=O) groups is 4. The van der Waals surface area contributed by atoms with Gasteiger partial charge in [-0.05, 0) is 61.2 Å². The number of benzene rings is 2. The van der Waals surface area contributed by atoms with Crippen LogP contribution in [-0.2, 0) is 25.5 Å². The Bertz CT molecular complexity index is 972. The smallest absolute Gasteiger partial charge is 0.308 e. The van der Waals surface area contributed by atoms with Gasteiger partial charge < -0.3 is 14.8 Å². The van der Waals surface area contributed by atoms with Gasteiger partial charge in [0.25, 0.3) is 11.1 Å². The van der Waals surface area contributed by atoms with Crippen LogP contribution in [0.1, 0.15) is 41.8 Å². The standard InChI is InChI=1S/C22H22ClNO6/c1-13-18(8-5-9-19(13)29-14(2)25)22(28)24-17-7-4-6-16(12-17)10-11-20(21(23)27)30-15(3)26/h4-9,12,20H,10-11H2,1-3H3,(H,24,28). The molecule has 1 atom stereocenters. The molecule has 0 aromatic heterocycles. The molecule has 2 rings (SSSR count). The minimum atomic E-state index is -1.02. The van der Waals surface area contributed by atoms with Gasteiger partial charge >= 0.3 is 11.9 Å². The largest absolute Gasteiger partial charge is 0.453 e. The Morgan fingerprint density at radius 3 is 2.37 bits per heavy atom. The molecule has 0 radical (unpaired) electrons. The maximum atomic E-state index is 12.7. The van der Waals surface area contributed by atoms with Crippen molar-refractivity contribution in [1.29, 1.82) is 0 Å². The number of carbonyl (C=O) groups excluding carboxylic acids is 4. The average Bonchev–Trinajstić information content (AvgIpc) is 2.66. The first-order valence-electron chi connectivity index (χ1n) is 9.22. The van der Waals surface area contributed by atoms with Gasteiger partial charge in [0, 0.05) is 30.7 Å². The number of ether oxygens (including phenoxy) is 2. The van der Waals surface area contributed by atoms with Crippen LogP contribution in [0.2, 0.25) is 0 Å². The summed E-state index contributed by atoms with van der Waals surface area (Å²) in [5.41, 5.74) is 2.30. The molecule has 0 fully saturated rings. The molecule has 1 amide bonds. The second kappa shape index (κ2) is 10.5. The lowest BCUT2D eigenvalue weighted by Crippen LogP contribution is -2.23. The SMILES string of the molecule is CC(=O)Oc1cccc(C(=O)Nc2cccc(CCC(OC(C)=O)C(=O)Cl)c2)c1C. The van der Waals surface area contributed by atoms with Crippen LogP contribution in [0.5, 0.6) is 5.75 Å². The highest BCUT2D eigenvalue weighted by atomic mass is 35.5. The summed E-state index contributed by atoms with van der Waals surface area (Å²) in [6, 6.07) is 12.0. The highest BCUT2D eigenvalue weighted by Gasteiger charge is 2.19. The highest BCUT2D eigenvalue weighted by molar-refractivity contribution is 6.64. The Morgan fingerprint density at radius 1 is 1.03 bits per heavy atom. The number of aryl methyl sites for hydroxylation is 1. The van der Waals surface area contributed by atoms with Crippen molar-refractivity contribution in [2.45, 2.75) is 39.7 Å². The van der Waals surface area contributed by atoms with Gasteiger partial charge in [0.2, 0.25) is 0 Å². The lowest BCUT2D eigenvalue weighted by Gasteiger charge is -2.14. The van der Waals surface area contributed by atoms with E-state index in [0.29, 0.717) is 29.0 Å². The van der Waals surface area contributed by atoms with Crippen LogP contribution in [0.4, 0.5) is 5.69 Å². The zero-order chi connectivity index (χ0) is 22.3. The molecule has 0 saturated heterocycles. The van der Waals surface area contributed by atoms with E-state index >= 15 is 0 Å². The van der Waals surface area contributed by atoms with E-state index in [1.807, 2.05) is 6.07 Å². The zero-order valence-electron chi connectivity index (χ0n) is 16.9. The first kappa shape index (κ1) is 23.1. The third-order valence-corrected chi connectivity index (χ3v) is 4.47. The summed E-state index contributed by atoms with van der Waals surface area (Å²) in [5, 5.41) is 2.07. The van der Waals surface area contributed by atoms with Crippen molar-refractivity contribution in [1.82, 2.24) is 0 Å². The quantitative estimate of drug-likeness (QED) is 0.387. The molecule has 0 heterocycles. The summed E-state index contributed by atoms with van der Waals surface area (Å²) in [6.07, 6.45) is -0.377. The topological polar surface area (TPSA) is 98.8 Å². The molecule has 8 heteroatoms.